The summed E-state index contributed by atoms with van der Waals surface area (Å²) in [4.78, 5) is 24.4. The van der Waals surface area contributed by atoms with Crippen molar-refractivity contribution in [1.82, 2.24) is 5.43 Å². The molecule has 0 fully saturated rings. The van der Waals surface area contributed by atoms with Crippen LogP contribution in [0, 0.1) is 10.1 Å². The monoisotopic (exact) mass is 374 g/mol. The number of nitrogens with one attached hydrogen (secondary N) is 1. The maximum atomic E-state index is 12.1. The van der Waals surface area contributed by atoms with Crippen LogP contribution in [-0.2, 0) is 0 Å². The van der Waals surface area contributed by atoms with Gasteiger partial charge in [0.1, 0.15) is 0 Å². The van der Waals surface area contributed by atoms with Crippen molar-refractivity contribution in [3.63, 3.8) is 0 Å². The van der Waals surface area contributed by atoms with E-state index < -0.39 is 10.8 Å². The van der Waals surface area contributed by atoms with Crippen molar-refractivity contribution in [2.24, 2.45) is 5.10 Å². The molecule has 0 aliphatic heterocycles. The maximum absolute atomic E-state index is 12.1. The number of nitrogens with zero attached hydrogens (tertiary/aromatic N) is 3. The van der Waals surface area contributed by atoms with E-state index in [1.54, 1.807) is 0 Å². The fraction of sp³-hybridized carbons (Fsp3) is 0.0476. The van der Waals surface area contributed by atoms with Gasteiger partial charge in [0.15, 0.2) is 0 Å². The zero-order chi connectivity index (χ0) is 19.9. The Hall–Kier alpha value is -4.00. The minimum Gasteiger partial charge on any atom is -0.345 e. The number of amides is 1. The Morgan fingerprint density at radius 3 is 2.36 bits per heavy atom. The van der Waals surface area contributed by atoms with Gasteiger partial charge in [0.2, 0.25) is 0 Å². The van der Waals surface area contributed by atoms with E-state index in [2.05, 4.69) is 15.4 Å². The summed E-state index contributed by atoms with van der Waals surface area (Å²) in [6, 6.07) is 23.2. The number of nitro benzene ring substituents is 1. The van der Waals surface area contributed by atoms with E-state index >= 15 is 0 Å². The first-order valence-corrected chi connectivity index (χ1v) is 8.51. The van der Waals surface area contributed by atoms with Crippen molar-refractivity contribution in [3.05, 3.63) is 100 Å². The Bertz CT molecular complexity index is 1000. The lowest BCUT2D eigenvalue weighted by atomic mass is 10.2. The van der Waals surface area contributed by atoms with Crippen LogP contribution in [0.15, 0.2) is 84.0 Å². The second kappa shape index (κ2) is 8.59. The number of carbonyl (C=O) groups is 1. The fourth-order valence-electron chi connectivity index (χ4n) is 2.58. The summed E-state index contributed by atoms with van der Waals surface area (Å²) in [5.74, 6) is -0.514. The third-order valence-electron chi connectivity index (χ3n) is 4.12. The standard InChI is InChI=1S/C21H18N4O3/c1-24(18-7-3-2-4-8-18)19-12-10-16(11-13-19)15-22-23-21(26)17-6-5-9-20(14-17)25(27)28/h2-15H,1H3,(H,23,26). The second-order valence-electron chi connectivity index (χ2n) is 5.99. The molecule has 3 aromatic carbocycles. The fourth-order valence-corrected chi connectivity index (χ4v) is 2.58. The Morgan fingerprint density at radius 1 is 1.00 bits per heavy atom. The molecule has 0 bridgehead atoms. The van der Waals surface area contributed by atoms with Crippen molar-refractivity contribution in [1.29, 1.82) is 0 Å². The number of hydrogen-bond donors (Lipinski definition) is 1. The lowest BCUT2D eigenvalue weighted by molar-refractivity contribution is -0.384. The molecule has 0 aliphatic rings. The zero-order valence-corrected chi connectivity index (χ0v) is 15.1. The van der Waals surface area contributed by atoms with Crippen molar-refractivity contribution < 1.29 is 9.72 Å². The third kappa shape index (κ3) is 4.59. The van der Waals surface area contributed by atoms with Gasteiger partial charge in [-0.25, -0.2) is 5.43 Å². The van der Waals surface area contributed by atoms with E-state index in [9.17, 15) is 14.9 Å². The van der Waals surface area contributed by atoms with Gasteiger partial charge in [-0.15, -0.1) is 0 Å². The number of non-ortho nitro benzene ring substituents is 1. The minimum absolute atomic E-state index is 0.144. The van der Waals surface area contributed by atoms with Crippen molar-refractivity contribution in [2.45, 2.75) is 0 Å². The highest BCUT2D eigenvalue weighted by Gasteiger charge is 2.10. The van der Waals surface area contributed by atoms with Gasteiger partial charge in [-0.2, -0.15) is 5.10 Å². The molecule has 28 heavy (non-hydrogen) atoms. The summed E-state index contributed by atoms with van der Waals surface area (Å²) in [7, 11) is 1.98. The molecule has 0 atom stereocenters. The summed E-state index contributed by atoms with van der Waals surface area (Å²) < 4.78 is 0. The molecule has 7 nitrogen and oxygen atoms in total. The highest BCUT2D eigenvalue weighted by Crippen LogP contribution is 2.22. The Labute approximate surface area is 162 Å². The third-order valence-corrected chi connectivity index (χ3v) is 4.12. The van der Waals surface area contributed by atoms with Crippen LogP contribution in [0.1, 0.15) is 15.9 Å². The van der Waals surface area contributed by atoms with E-state index in [1.807, 2.05) is 61.6 Å². The summed E-state index contributed by atoms with van der Waals surface area (Å²) in [6.45, 7) is 0. The number of hydrogen-bond acceptors (Lipinski definition) is 5. The lowest BCUT2D eigenvalue weighted by Gasteiger charge is -2.19. The molecule has 3 rings (SSSR count). The van der Waals surface area contributed by atoms with Gasteiger partial charge in [-0.3, -0.25) is 14.9 Å². The second-order valence-corrected chi connectivity index (χ2v) is 5.99. The summed E-state index contributed by atoms with van der Waals surface area (Å²) in [6.07, 6.45) is 1.52. The first kappa shape index (κ1) is 18.8. The molecule has 1 N–H and O–H groups in total. The largest absolute Gasteiger partial charge is 0.345 e. The molecule has 0 saturated carbocycles. The topological polar surface area (TPSA) is 87.8 Å². The SMILES string of the molecule is CN(c1ccccc1)c1ccc(C=NNC(=O)c2cccc([N+](=O)[O-])c2)cc1. The van der Waals surface area contributed by atoms with Gasteiger partial charge < -0.3 is 4.90 Å². The summed E-state index contributed by atoms with van der Waals surface area (Å²) >= 11 is 0. The van der Waals surface area contributed by atoms with Crippen molar-refractivity contribution in [2.75, 3.05) is 11.9 Å². The van der Waals surface area contributed by atoms with Crippen LogP contribution in [0.2, 0.25) is 0 Å². The van der Waals surface area contributed by atoms with E-state index in [1.165, 1.54) is 30.5 Å². The van der Waals surface area contributed by atoms with E-state index in [0.717, 1.165) is 16.9 Å². The molecule has 0 heterocycles. The van der Waals surface area contributed by atoms with Gasteiger partial charge >= 0.3 is 0 Å². The first-order valence-electron chi connectivity index (χ1n) is 8.51. The molecular formula is C21H18N4O3. The average molecular weight is 374 g/mol. The normalized spacial score (nSPS) is 10.6. The van der Waals surface area contributed by atoms with Gasteiger partial charge in [0, 0.05) is 36.1 Å². The molecular weight excluding hydrogens is 356 g/mol. The van der Waals surface area contributed by atoms with Crippen LogP contribution in [0.5, 0.6) is 0 Å². The number of hydrazone groups is 1. The van der Waals surface area contributed by atoms with Crippen molar-refractivity contribution >= 4 is 29.2 Å². The number of nitro groups is 1. The van der Waals surface area contributed by atoms with Crippen LogP contribution in [0.25, 0.3) is 0 Å². The molecule has 1 amide bonds. The smallest absolute Gasteiger partial charge is 0.271 e. The molecule has 0 aromatic heterocycles. The van der Waals surface area contributed by atoms with Crippen LogP contribution in [-0.4, -0.2) is 24.1 Å². The van der Waals surface area contributed by atoms with Gasteiger partial charge in [-0.1, -0.05) is 36.4 Å². The zero-order valence-electron chi connectivity index (χ0n) is 15.1. The first-order chi connectivity index (χ1) is 13.5. The maximum Gasteiger partial charge on any atom is 0.271 e. The number of rotatable bonds is 6. The summed E-state index contributed by atoms with van der Waals surface area (Å²) in [5, 5.41) is 14.7. The highest BCUT2D eigenvalue weighted by atomic mass is 16.6. The molecule has 0 aliphatic carbocycles. The molecule has 7 heteroatoms. The van der Waals surface area contributed by atoms with E-state index in [4.69, 9.17) is 0 Å². The van der Waals surface area contributed by atoms with Crippen LogP contribution in [0.3, 0.4) is 0 Å². The van der Waals surface area contributed by atoms with Crippen LogP contribution >= 0.6 is 0 Å². The number of carbonyl (C=O) groups excluding carboxylic acids is 1. The molecule has 0 spiro atoms. The lowest BCUT2D eigenvalue weighted by Crippen LogP contribution is -2.17. The van der Waals surface area contributed by atoms with Crippen molar-refractivity contribution in [3.8, 4) is 0 Å². The quantitative estimate of drug-likeness (QED) is 0.399. The predicted molar refractivity (Wildman–Crippen MR) is 109 cm³/mol. The van der Waals surface area contributed by atoms with Gasteiger partial charge in [0.05, 0.1) is 11.1 Å². The van der Waals surface area contributed by atoms with E-state index in [0.29, 0.717) is 0 Å². The number of para-hydroxylation sites is 1. The number of anilines is 2. The Balaban J connectivity index is 1.62. The van der Waals surface area contributed by atoms with Crippen LogP contribution < -0.4 is 10.3 Å². The minimum atomic E-state index is -0.548. The average Bonchev–Trinajstić information content (AvgIpc) is 2.74. The van der Waals surface area contributed by atoms with E-state index in [-0.39, 0.29) is 11.3 Å². The molecule has 0 unspecified atom stereocenters. The van der Waals surface area contributed by atoms with Crippen LogP contribution in [0.4, 0.5) is 17.1 Å². The number of benzene rings is 3. The summed E-state index contributed by atoms with van der Waals surface area (Å²) in [5.41, 5.74) is 5.31. The van der Waals surface area contributed by atoms with Gasteiger partial charge in [0.25, 0.3) is 11.6 Å². The Morgan fingerprint density at radius 2 is 1.68 bits per heavy atom. The predicted octanol–water partition coefficient (Wildman–Crippen LogP) is 4.13. The van der Waals surface area contributed by atoms with Gasteiger partial charge in [-0.05, 0) is 35.9 Å². The Kier molecular flexibility index (Phi) is 5.76. The molecule has 0 saturated heterocycles. The molecule has 3 aromatic rings. The molecule has 140 valence electrons. The molecule has 0 radical (unpaired) electrons. The highest BCUT2D eigenvalue weighted by molar-refractivity contribution is 5.95.